The van der Waals surface area contributed by atoms with Gasteiger partial charge in [-0.25, -0.2) is 8.42 Å². The Balaban J connectivity index is 3.01. The Labute approximate surface area is 92.7 Å². The van der Waals surface area contributed by atoms with Gasteiger partial charge in [-0.05, 0) is 33.4 Å². The maximum Gasteiger partial charge on any atom is 0.152 e. The van der Waals surface area contributed by atoms with Crippen molar-refractivity contribution in [1.29, 1.82) is 0 Å². The van der Waals surface area contributed by atoms with Crippen LogP contribution in [0.4, 0.5) is 0 Å². The molecular weight excluding hydrogens is 212 g/mol. The van der Waals surface area contributed by atoms with E-state index in [-0.39, 0.29) is 17.3 Å². The van der Waals surface area contributed by atoms with Gasteiger partial charge in [-0.2, -0.15) is 0 Å². The molecule has 1 saturated heterocycles. The predicted octanol–water partition coefficient (Wildman–Crippen LogP) is 0.233. The van der Waals surface area contributed by atoms with Crippen molar-refractivity contribution in [2.24, 2.45) is 5.73 Å². The lowest BCUT2D eigenvalue weighted by molar-refractivity contribution is 0.121. The molecule has 0 bridgehead atoms. The second-order valence-corrected chi connectivity index (χ2v) is 6.89. The zero-order valence-electron chi connectivity index (χ0n) is 9.86. The largest absolute Gasteiger partial charge is 0.326 e. The molecule has 0 amide bonds. The lowest BCUT2D eigenvalue weighted by Crippen LogP contribution is -2.63. The Bertz CT molecular complexity index is 313. The highest BCUT2D eigenvalue weighted by atomic mass is 32.2. The van der Waals surface area contributed by atoms with E-state index in [0.717, 1.165) is 19.3 Å². The summed E-state index contributed by atoms with van der Waals surface area (Å²) in [5.41, 5.74) is 5.74. The molecule has 2 N–H and O–H groups in total. The van der Waals surface area contributed by atoms with Gasteiger partial charge in [0.2, 0.25) is 0 Å². The zero-order valence-corrected chi connectivity index (χ0v) is 10.7. The Morgan fingerprint density at radius 3 is 2.47 bits per heavy atom. The van der Waals surface area contributed by atoms with E-state index in [1.165, 1.54) is 0 Å². The summed E-state index contributed by atoms with van der Waals surface area (Å²) in [6.07, 6.45) is 2.43. The quantitative estimate of drug-likeness (QED) is 0.759. The summed E-state index contributed by atoms with van der Waals surface area (Å²) in [6, 6.07) is -0.0671. The lowest BCUT2D eigenvalue weighted by Gasteiger charge is -2.46. The third-order valence-corrected chi connectivity index (χ3v) is 5.41. The van der Waals surface area contributed by atoms with Gasteiger partial charge < -0.3 is 10.6 Å². The molecule has 1 aliphatic heterocycles. The standard InChI is InChI=1S/C10H22N2O2S/c1-4-9(11)10(12(2)3)6-5-7-15(13,14)8-10/h9H,4-8,11H2,1-3H3. The van der Waals surface area contributed by atoms with Crippen LogP contribution in [0.25, 0.3) is 0 Å². The molecule has 1 heterocycles. The maximum atomic E-state index is 11.7. The molecule has 2 atom stereocenters. The van der Waals surface area contributed by atoms with Gasteiger partial charge >= 0.3 is 0 Å². The Hall–Kier alpha value is -0.130. The average molecular weight is 234 g/mol. The number of rotatable bonds is 3. The fraction of sp³-hybridized carbons (Fsp3) is 1.00. The second kappa shape index (κ2) is 4.39. The highest BCUT2D eigenvalue weighted by Gasteiger charge is 2.44. The van der Waals surface area contributed by atoms with Crippen LogP contribution in [0.3, 0.4) is 0 Å². The predicted molar refractivity (Wildman–Crippen MR) is 62.6 cm³/mol. The van der Waals surface area contributed by atoms with Crippen LogP contribution in [0.5, 0.6) is 0 Å². The Morgan fingerprint density at radius 2 is 2.07 bits per heavy atom. The van der Waals surface area contributed by atoms with Crippen molar-refractivity contribution in [3.63, 3.8) is 0 Å². The summed E-state index contributed by atoms with van der Waals surface area (Å²) >= 11 is 0. The van der Waals surface area contributed by atoms with Gasteiger partial charge in [0.1, 0.15) is 0 Å². The molecule has 5 heteroatoms. The fourth-order valence-electron chi connectivity index (χ4n) is 2.48. The van der Waals surface area contributed by atoms with E-state index >= 15 is 0 Å². The van der Waals surface area contributed by atoms with Crippen LogP contribution in [0.2, 0.25) is 0 Å². The smallest absolute Gasteiger partial charge is 0.152 e. The van der Waals surface area contributed by atoms with Crippen molar-refractivity contribution in [3.05, 3.63) is 0 Å². The van der Waals surface area contributed by atoms with E-state index in [0.29, 0.717) is 5.75 Å². The fourth-order valence-corrected chi connectivity index (χ4v) is 4.59. The molecule has 0 aromatic rings. The third-order valence-electron chi connectivity index (χ3n) is 3.56. The molecule has 0 aliphatic carbocycles. The van der Waals surface area contributed by atoms with E-state index in [1.807, 2.05) is 25.9 Å². The molecule has 90 valence electrons. The first-order valence-corrected chi connectivity index (χ1v) is 7.29. The molecule has 15 heavy (non-hydrogen) atoms. The normalized spacial score (nSPS) is 32.9. The first-order chi connectivity index (χ1) is 6.84. The molecular formula is C10H22N2O2S. The van der Waals surface area contributed by atoms with Crippen LogP contribution in [0.15, 0.2) is 0 Å². The van der Waals surface area contributed by atoms with Gasteiger partial charge in [-0.15, -0.1) is 0 Å². The van der Waals surface area contributed by atoms with Crippen molar-refractivity contribution in [3.8, 4) is 0 Å². The van der Waals surface area contributed by atoms with E-state index in [2.05, 4.69) is 0 Å². The number of hydrogen-bond donors (Lipinski definition) is 1. The number of sulfone groups is 1. The van der Waals surface area contributed by atoms with Crippen molar-refractivity contribution in [1.82, 2.24) is 4.90 Å². The number of nitrogens with two attached hydrogens (primary N) is 1. The van der Waals surface area contributed by atoms with Crippen LogP contribution in [-0.2, 0) is 9.84 Å². The van der Waals surface area contributed by atoms with Crippen LogP contribution in [0.1, 0.15) is 26.2 Å². The molecule has 1 aliphatic rings. The van der Waals surface area contributed by atoms with Crippen LogP contribution >= 0.6 is 0 Å². The molecule has 1 rings (SSSR count). The highest BCUT2D eigenvalue weighted by molar-refractivity contribution is 7.91. The van der Waals surface area contributed by atoms with E-state index in [4.69, 9.17) is 5.73 Å². The van der Waals surface area contributed by atoms with Crippen LogP contribution in [0, 0.1) is 0 Å². The molecule has 4 nitrogen and oxygen atoms in total. The van der Waals surface area contributed by atoms with Gasteiger partial charge in [0.05, 0.1) is 11.5 Å². The second-order valence-electron chi connectivity index (χ2n) is 4.71. The van der Waals surface area contributed by atoms with Gasteiger partial charge in [-0.3, -0.25) is 0 Å². The van der Waals surface area contributed by atoms with E-state index in [9.17, 15) is 8.42 Å². The molecule has 0 radical (unpaired) electrons. The summed E-state index contributed by atoms with van der Waals surface area (Å²) in [7, 11) is 0.942. The van der Waals surface area contributed by atoms with Gasteiger partial charge in [0.15, 0.2) is 9.84 Å². The van der Waals surface area contributed by atoms with Gasteiger partial charge in [-0.1, -0.05) is 6.92 Å². The molecule has 1 fully saturated rings. The van der Waals surface area contributed by atoms with Crippen molar-refractivity contribution < 1.29 is 8.42 Å². The molecule has 0 saturated carbocycles. The SMILES string of the molecule is CCC(N)C1(N(C)C)CCCS(=O)(=O)C1. The molecule has 2 unspecified atom stereocenters. The van der Waals surface area contributed by atoms with Crippen molar-refractivity contribution in [2.75, 3.05) is 25.6 Å². The van der Waals surface area contributed by atoms with Gasteiger partial charge in [0, 0.05) is 11.6 Å². The third kappa shape index (κ3) is 2.52. The van der Waals surface area contributed by atoms with Crippen molar-refractivity contribution in [2.45, 2.75) is 37.8 Å². The summed E-state index contributed by atoms with van der Waals surface area (Å²) < 4.78 is 23.4. The highest BCUT2D eigenvalue weighted by Crippen LogP contribution is 2.30. The minimum atomic E-state index is -2.91. The zero-order chi connectivity index (χ0) is 11.7. The minimum Gasteiger partial charge on any atom is -0.326 e. The van der Waals surface area contributed by atoms with Crippen LogP contribution < -0.4 is 5.73 Å². The van der Waals surface area contributed by atoms with E-state index < -0.39 is 9.84 Å². The van der Waals surface area contributed by atoms with E-state index in [1.54, 1.807) is 0 Å². The molecule has 0 spiro atoms. The summed E-state index contributed by atoms with van der Waals surface area (Å²) in [4.78, 5) is 2.00. The first kappa shape index (κ1) is 12.9. The summed E-state index contributed by atoms with van der Waals surface area (Å²) in [5.74, 6) is 0.529. The first-order valence-electron chi connectivity index (χ1n) is 5.47. The van der Waals surface area contributed by atoms with Crippen molar-refractivity contribution >= 4 is 9.84 Å². The summed E-state index contributed by atoms with van der Waals surface area (Å²) in [6.45, 7) is 2.01. The monoisotopic (exact) mass is 234 g/mol. The number of hydrogen-bond acceptors (Lipinski definition) is 4. The summed E-state index contributed by atoms with van der Waals surface area (Å²) in [5, 5.41) is 0. The Kier molecular flexibility index (Phi) is 3.79. The average Bonchev–Trinajstić information content (AvgIpc) is 2.14. The minimum absolute atomic E-state index is 0.0671. The topological polar surface area (TPSA) is 63.4 Å². The maximum absolute atomic E-state index is 11.7. The molecule has 0 aromatic carbocycles. The Morgan fingerprint density at radius 1 is 1.47 bits per heavy atom. The lowest BCUT2D eigenvalue weighted by atomic mass is 9.84. The molecule has 0 aromatic heterocycles. The van der Waals surface area contributed by atoms with Crippen LogP contribution in [-0.4, -0.2) is 50.5 Å². The number of likely N-dealkylation sites (N-methyl/N-ethyl adjacent to an activating group) is 1. The van der Waals surface area contributed by atoms with Gasteiger partial charge in [0.25, 0.3) is 0 Å². The number of nitrogens with zero attached hydrogens (tertiary/aromatic N) is 1.